The monoisotopic (exact) mass is 415 g/mol. The van der Waals surface area contributed by atoms with Crippen molar-refractivity contribution in [2.24, 2.45) is 5.92 Å². The number of hydrogen-bond acceptors (Lipinski definition) is 5. The van der Waals surface area contributed by atoms with Crippen molar-refractivity contribution in [3.63, 3.8) is 0 Å². The molecule has 30 heavy (non-hydrogen) atoms. The summed E-state index contributed by atoms with van der Waals surface area (Å²) in [5.74, 6) is 2.42. The van der Waals surface area contributed by atoms with Gasteiger partial charge in [-0.3, -0.25) is 19.4 Å². The highest BCUT2D eigenvalue weighted by Gasteiger charge is 2.34. The van der Waals surface area contributed by atoms with Gasteiger partial charge in [0.25, 0.3) is 0 Å². The molecule has 2 amide bonds. The van der Waals surface area contributed by atoms with Crippen LogP contribution in [0.1, 0.15) is 76.5 Å². The van der Waals surface area contributed by atoms with Gasteiger partial charge in [0, 0.05) is 37.3 Å². The maximum absolute atomic E-state index is 12.7. The van der Waals surface area contributed by atoms with Gasteiger partial charge in [-0.25, -0.2) is 9.97 Å². The first-order chi connectivity index (χ1) is 14.3. The number of likely N-dealkylation sites (tertiary alicyclic amines) is 1. The zero-order chi connectivity index (χ0) is 21.8. The molecule has 1 aromatic rings. The van der Waals surface area contributed by atoms with E-state index in [-0.39, 0.29) is 17.9 Å². The minimum absolute atomic E-state index is 0.0393. The Labute approximate surface area is 180 Å². The molecule has 3 rings (SSSR count). The average Bonchev–Trinajstić information content (AvgIpc) is 3.15. The van der Waals surface area contributed by atoms with Crippen LogP contribution in [-0.2, 0) is 16.0 Å². The number of likely N-dealkylation sites (N-methyl/N-ethyl adjacent to an activating group) is 1. The smallest absolute Gasteiger partial charge is 0.236 e. The molecule has 1 atom stereocenters. The van der Waals surface area contributed by atoms with E-state index in [2.05, 4.69) is 18.7 Å². The molecule has 166 valence electrons. The number of nitrogens with zero attached hydrogens (tertiary/aromatic N) is 5. The molecule has 3 heterocycles. The van der Waals surface area contributed by atoms with Gasteiger partial charge in [-0.1, -0.05) is 13.8 Å². The van der Waals surface area contributed by atoms with Crippen molar-refractivity contribution in [1.29, 1.82) is 0 Å². The van der Waals surface area contributed by atoms with E-state index >= 15 is 0 Å². The normalized spacial score (nSPS) is 19.5. The maximum atomic E-state index is 12.7. The van der Waals surface area contributed by atoms with Crippen LogP contribution in [0.4, 0.5) is 5.82 Å². The molecule has 0 bridgehead atoms. The maximum Gasteiger partial charge on any atom is 0.236 e. The molecule has 0 aromatic carbocycles. The fourth-order valence-electron chi connectivity index (χ4n) is 4.53. The third-order valence-electron chi connectivity index (χ3n) is 6.40. The van der Waals surface area contributed by atoms with Crippen molar-refractivity contribution < 1.29 is 9.59 Å². The van der Waals surface area contributed by atoms with Crippen LogP contribution in [0.3, 0.4) is 0 Å². The van der Waals surface area contributed by atoms with E-state index < -0.39 is 0 Å². The molecule has 0 N–H and O–H groups in total. The topological polar surface area (TPSA) is 69.6 Å². The number of anilines is 1. The summed E-state index contributed by atoms with van der Waals surface area (Å²) in [7, 11) is 0. The van der Waals surface area contributed by atoms with Gasteiger partial charge in [0.1, 0.15) is 11.6 Å². The zero-order valence-electron chi connectivity index (χ0n) is 19.3. The fourth-order valence-corrected chi connectivity index (χ4v) is 4.53. The number of aromatic nitrogens is 2. The van der Waals surface area contributed by atoms with Crippen LogP contribution in [0.5, 0.6) is 0 Å². The van der Waals surface area contributed by atoms with Crippen molar-refractivity contribution in [1.82, 2.24) is 19.8 Å². The third kappa shape index (κ3) is 4.82. The summed E-state index contributed by atoms with van der Waals surface area (Å²) in [6.45, 7) is 13.9. The molecule has 0 unspecified atom stereocenters. The molecular weight excluding hydrogens is 378 g/mol. The Hall–Kier alpha value is -2.02. The van der Waals surface area contributed by atoms with Crippen LogP contribution >= 0.6 is 0 Å². The van der Waals surface area contributed by atoms with Gasteiger partial charge >= 0.3 is 0 Å². The largest absolute Gasteiger partial charge is 0.342 e. The highest BCUT2D eigenvalue weighted by Crippen LogP contribution is 2.34. The van der Waals surface area contributed by atoms with Crippen molar-refractivity contribution >= 4 is 17.6 Å². The number of fused-ring (bicyclic) bond motifs is 1. The molecule has 0 saturated carbocycles. The highest BCUT2D eigenvalue weighted by molar-refractivity contribution is 5.95. The number of rotatable bonds is 8. The zero-order valence-corrected chi connectivity index (χ0v) is 19.3. The van der Waals surface area contributed by atoms with Crippen LogP contribution in [-0.4, -0.2) is 64.3 Å². The predicted octanol–water partition coefficient (Wildman–Crippen LogP) is 3.12. The molecule has 7 nitrogen and oxygen atoms in total. The Bertz CT molecular complexity index is 775. The molecule has 2 aliphatic rings. The standard InChI is InChI=1S/C23H37N5O2/c1-6-26(7-2)21(30)15-27-13-8-9-19(27)22-24-17(5)18-10-11-20(29)28(23(18)25-22)14-12-16(3)4/h16,19H,6-15H2,1-5H3/t19-/m1/s1. The summed E-state index contributed by atoms with van der Waals surface area (Å²) in [4.78, 5) is 41.1. The quantitative estimate of drug-likeness (QED) is 0.652. The lowest BCUT2D eigenvalue weighted by Gasteiger charge is -2.31. The Balaban J connectivity index is 1.86. The van der Waals surface area contributed by atoms with E-state index in [4.69, 9.17) is 9.97 Å². The summed E-state index contributed by atoms with van der Waals surface area (Å²) >= 11 is 0. The lowest BCUT2D eigenvalue weighted by Crippen LogP contribution is -2.41. The minimum atomic E-state index is 0.0393. The van der Waals surface area contributed by atoms with Gasteiger partial charge in [-0.15, -0.1) is 0 Å². The van der Waals surface area contributed by atoms with E-state index in [9.17, 15) is 9.59 Å². The van der Waals surface area contributed by atoms with Crippen LogP contribution < -0.4 is 4.90 Å². The summed E-state index contributed by atoms with van der Waals surface area (Å²) < 4.78 is 0. The second-order valence-electron chi connectivity index (χ2n) is 8.89. The van der Waals surface area contributed by atoms with Crippen molar-refractivity contribution in [3.05, 3.63) is 17.1 Å². The molecule has 7 heteroatoms. The fraction of sp³-hybridized carbons (Fsp3) is 0.739. The summed E-state index contributed by atoms with van der Waals surface area (Å²) in [5, 5.41) is 0. The second-order valence-corrected chi connectivity index (χ2v) is 8.89. The summed E-state index contributed by atoms with van der Waals surface area (Å²) in [6.07, 6.45) is 4.18. The summed E-state index contributed by atoms with van der Waals surface area (Å²) in [5.41, 5.74) is 2.07. The Morgan fingerprint density at radius 3 is 2.60 bits per heavy atom. The van der Waals surface area contributed by atoms with Crippen LogP contribution in [0.15, 0.2) is 0 Å². The van der Waals surface area contributed by atoms with Gasteiger partial charge in [0.2, 0.25) is 11.8 Å². The molecule has 0 spiro atoms. The van der Waals surface area contributed by atoms with E-state index in [1.165, 1.54) is 0 Å². The molecule has 2 aliphatic heterocycles. The molecular formula is C23H37N5O2. The molecule has 0 aliphatic carbocycles. The SMILES string of the molecule is CCN(CC)C(=O)CN1CCC[C@@H]1c1nc(C)c2c(n1)N(CCC(C)C)C(=O)CC2. The number of amides is 2. The first-order valence-corrected chi connectivity index (χ1v) is 11.5. The highest BCUT2D eigenvalue weighted by atomic mass is 16.2. The van der Waals surface area contributed by atoms with Gasteiger partial charge in [0.15, 0.2) is 0 Å². The number of carbonyl (C=O) groups is 2. The van der Waals surface area contributed by atoms with E-state index in [1.807, 2.05) is 30.6 Å². The van der Waals surface area contributed by atoms with E-state index in [1.54, 1.807) is 0 Å². The Kier molecular flexibility index (Phi) is 7.45. The van der Waals surface area contributed by atoms with Crippen molar-refractivity contribution in [3.8, 4) is 0 Å². The van der Waals surface area contributed by atoms with Gasteiger partial charge in [-0.05, 0) is 58.9 Å². The number of aryl methyl sites for hydroxylation is 1. The number of carbonyl (C=O) groups excluding carboxylic acids is 2. The number of hydrogen-bond donors (Lipinski definition) is 0. The van der Waals surface area contributed by atoms with Crippen LogP contribution in [0.25, 0.3) is 0 Å². The second kappa shape index (κ2) is 9.86. The average molecular weight is 416 g/mol. The molecule has 1 aromatic heterocycles. The Morgan fingerprint density at radius 2 is 1.93 bits per heavy atom. The predicted molar refractivity (Wildman–Crippen MR) is 118 cm³/mol. The first-order valence-electron chi connectivity index (χ1n) is 11.5. The minimum Gasteiger partial charge on any atom is -0.342 e. The lowest BCUT2D eigenvalue weighted by atomic mass is 10.0. The third-order valence-corrected chi connectivity index (χ3v) is 6.40. The van der Waals surface area contributed by atoms with Gasteiger partial charge in [0.05, 0.1) is 12.6 Å². The van der Waals surface area contributed by atoms with Crippen LogP contribution in [0, 0.1) is 12.8 Å². The van der Waals surface area contributed by atoms with Crippen molar-refractivity contribution in [2.75, 3.05) is 37.6 Å². The van der Waals surface area contributed by atoms with Crippen molar-refractivity contribution in [2.45, 2.75) is 72.8 Å². The van der Waals surface area contributed by atoms with Crippen LogP contribution in [0.2, 0.25) is 0 Å². The Morgan fingerprint density at radius 1 is 1.20 bits per heavy atom. The van der Waals surface area contributed by atoms with Gasteiger partial charge < -0.3 is 4.90 Å². The molecule has 1 fully saturated rings. The van der Waals surface area contributed by atoms with E-state index in [0.717, 1.165) is 61.8 Å². The van der Waals surface area contributed by atoms with E-state index in [0.29, 0.717) is 31.8 Å². The first kappa shape index (κ1) is 22.7. The summed E-state index contributed by atoms with van der Waals surface area (Å²) in [6, 6.07) is 0.0393. The lowest BCUT2D eigenvalue weighted by molar-refractivity contribution is -0.132. The molecule has 0 radical (unpaired) electrons. The van der Waals surface area contributed by atoms with Gasteiger partial charge in [-0.2, -0.15) is 0 Å². The molecule has 1 saturated heterocycles.